The van der Waals surface area contributed by atoms with Crippen LogP contribution in [0.15, 0.2) is 72.6 Å². The molecule has 2 aromatic heterocycles. The highest BCUT2D eigenvalue weighted by Gasteiger charge is 2.31. The summed E-state index contributed by atoms with van der Waals surface area (Å²) in [6.45, 7) is 4.37. The van der Waals surface area contributed by atoms with E-state index in [1.165, 1.54) is 18.6 Å². The van der Waals surface area contributed by atoms with E-state index in [2.05, 4.69) is 21.9 Å². The van der Waals surface area contributed by atoms with Crippen LogP contribution in [0.1, 0.15) is 6.04 Å². The first-order valence-electron chi connectivity index (χ1n) is 9.80. The molecule has 2 aromatic carbocycles. The molecule has 1 saturated heterocycles. The molecule has 1 fully saturated rings. The third kappa shape index (κ3) is 3.18. The van der Waals surface area contributed by atoms with Crippen molar-refractivity contribution in [2.75, 3.05) is 18.4 Å². The highest BCUT2D eigenvalue weighted by atomic mass is 16.3. The van der Waals surface area contributed by atoms with Crippen LogP contribution >= 0.6 is 0 Å². The summed E-state index contributed by atoms with van der Waals surface area (Å²) in [5, 5.41) is 15.6. The molecule has 1 aliphatic heterocycles. The summed E-state index contributed by atoms with van der Waals surface area (Å²) in [4.78, 5) is 35.1. The summed E-state index contributed by atoms with van der Waals surface area (Å²) < 4.78 is 1.55. The third-order valence-corrected chi connectivity index (χ3v) is 5.55. The highest BCUT2D eigenvalue weighted by Crippen LogP contribution is 2.32. The van der Waals surface area contributed by atoms with Gasteiger partial charge in [0.25, 0.3) is 5.56 Å². The average Bonchev–Trinajstić information content (AvgIpc) is 2.74. The van der Waals surface area contributed by atoms with Crippen molar-refractivity contribution < 1.29 is 9.90 Å². The number of likely N-dealkylation sites (tertiary alicyclic amines) is 1. The standard InChI is InChI=1S/C23H19N5O3/c1-2-21(30)27-11-15(12-27)28-13-25-22-18(23(28)31)9-24-10-20(22)26-19-8-16(29)7-14-5-3-4-6-17(14)19/h2-10,13,15,26,29H,1,11-12H2. The molecule has 0 radical (unpaired) electrons. The first kappa shape index (κ1) is 18.8. The fourth-order valence-electron chi connectivity index (χ4n) is 3.90. The second-order valence-electron chi connectivity index (χ2n) is 7.48. The van der Waals surface area contributed by atoms with Crippen LogP contribution in [-0.4, -0.2) is 43.5 Å². The third-order valence-electron chi connectivity index (χ3n) is 5.55. The van der Waals surface area contributed by atoms with E-state index in [0.717, 1.165) is 10.8 Å². The Kier molecular flexibility index (Phi) is 4.39. The molecule has 0 atom stereocenters. The normalized spacial score (nSPS) is 13.9. The Morgan fingerprint density at radius 1 is 1.16 bits per heavy atom. The van der Waals surface area contributed by atoms with Crippen molar-refractivity contribution in [2.45, 2.75) is 6.04 Å². The molecule has 8 heteroatoms. The van der Waals surface area contributed by atoms with Crippen LogP contribution in [0, 0.1) is 0 Å². The number of amides is 1. The lowest BCUT2D eigenvalue weighted by Crippen LogP contribution is -2.52. The molecule has 5 rings (SSSR count). The van der Waals surface area contributed by atoms with Gasteiger partial charge in [0.1, 0.15) is 11.3 Å². The van der Waals surface area contributed by atoms with Crippen LogP contribution in [0.4, 0.5) is 11.4 Å². The molecule has 3 heterocycles. The molecule has 0 saturated carbocycles. The molecular weight excluding hydrogens is 394 g/mol. The molecule has 1 amide bonds. The van der Waals surface area contributed by atoms with Crippen molar-refractivity contribution in [3.8, 4) is 5.75 Å². The minimum absolute atomic E-state index is 0.125. The van der Waals surface area contributed by atoms with Gasteiger partial charge in [-0.25, -0.2) is 4.98 Å². The van der Waals surface area contributed by atoms with E-state index in [1.807, 2.05) is 24.3 Å². The van der Waals surface area contributed by atoms with Gasteiger partial charge in [0.2, 0.25) is 5.91 Å². The van der Waals surface area contributed by atoms with Crippen LogP contribution in [0.5, 0.6) is 5.75 Å². The number of carbonyl (C=O) groups is 1. The zero-order chi connectivity index (χ0) is 21.5. The summed E-state index contributed by atoms with van der Waals surface area (Å²) >= 11 is 0. The molecule has 1 aliphatic rings. The van der Waals surface area contributed by atoms with E-state index < -0.39 is 0 Å². The van der Waals surface area contributed by atoms with Crippen molar-refractivity contribution in [3.05, 3.63) is 78.1 Å². The van der Waals surface area contributed by atoms with Crippen molar-refractivity contribution in [2.24, 2.45) is 0 Å². The van der Waals surface area contributed by atoms with Gasteiger partial charge in [-0.15, -0.1) is 0 Å². The van der Waals surface area contributed by atoms with Gasteiger partial charge in [-0.1, -0.05) is 30.8 Å². The first-order valence-corrected chi connectivity index (χ1v) is 9.80. The number of nitrogens with one attached hydrogen (secondary N) is 1. The Balaban J connectivity index is 1.52. The monoisotopic (exact) mass is 413 g/mol. The topological polar surface area (TPSA) is 100 Å². The zero-order valence-electron chi connectivity index (χ0n) is 16.5. The number of aromatic nitrogens is 3. The molecule has 4 aromatic rings. The average molecular weight is 413 g/mol. The van der Waals surface area contributed by atoms with Crippen molar-refractivity contribution in [1.29, 1.82) is 0 Å². The molecule has 31 heavy (non-hydrogen) atoms. The SMILES string of the molecule is C=CC(=O)N1CC(n2cnc3c(Nc4cc(O)cc5ccccc45)cncc3c2=O)C1. The number of carbonyl (C=O) groups excluding carboxylic acids is 1. The van der Waals surface area contributed by atoms with Gasteiger partial charge in [0.05, 0.1) is 35.3 Å². The minimum atomic E-state index is -0.211. The summed E-state index contributed by atoms with van der Waals surface area (Å²) in [5.41, 5.74) is 1.53. The second kappa shape index (κ2) is 7.24. The maximum atomic E-state index is 13.1. The lowest BCUT2D eigenvalue weighted by atomic mass is 10.1. The van der Waals surface area contributed by atoms with Gasteiger partial charge < -0.3 is 15.3 Å². The maximum Gasteiger partial charge on any atom is 0.263 e. The molecule has 8 nitrogen and oxygen atoms in total. The minimum Gasteiger partial charge on any atom is -0.508 e. The zero-order valence-corrected chi connectivity index (χ0v) is 16.5. The van der Waals surface area contributed by atoms with Crippen molar-refractivity contribution in [1.82, 2.24) is 19.4 Å². The smallest absolute Gasteiger partial charge is 0.263 e. The fourth-order valence-corrected chi connectivity index (χ4v) is 3.90. The van der Waals surface area contributed by atoms with Crippen LogP contribution in [-0.2, 0) is 4.79 Å². The number of hydrogen-bond donors (Lipinski definition) is 2. The van der Waals surface area contributed by atoms with Crippen LogP contribution < -0.4 is 10.9 Å². The number of benzene rings is 2. The predicted octanol–water partition coefficient (Wildman–Crippen LogP) is 2.96. The number of fused-ring (bicyclic) bond motifs is 2. The van der Waals surface area contributed by atoms with Crippen LogP contribution in [0.3, 0.4) is 0 Å². The Bertz CT molecular complexity index is 1410. The van der Waals surface area contributed by atoms with E-state index in [4.69, 9.17) is 0 Å². The van der Waals surface area contributed by atoms with E-state index >= 15 is 0 Å². The summed E-state index contributed by atoms with van der Waals surface area (Å²) in [6, 6.07) is 10.9. The number of rotatable bonds is 4. The fraction of sp³-hybridized carbons (Fsp3) is 0.130. The van der Waals surface area contributed by atoms with E-state index in [1.54, 1.807) is 27.8 Å². The van der Waals surface area contributed by atoms with E-state index in [9.17, 15) is 14.7 Å². The first-order chi connectivity index (χ1) is 15.0. The van der Waals surface area contributed by atoms with Gasteiger partial charge in [-0.05, 0) is 17.5 Å². The molecule has 2 N–H and O–H groups in total. The lowest BCUT2D eigenvalue weighted by Gasteiger charge is -2.39. The second-order valence-corrected chi connectivity index (χ2v) is 7.48. The maximum absolute atomic E-state index is 13.1. The Morgan fingerprint density at radius 2 is 1.97 bits per heavy atom. The number of phenols is 1. The molecule has 0 bridgehead atoms. The number of anilines is 2. The van der Waals surface area contributed by atoms with Gasteiger partial charge in [-0.2, -0.15) is 0 Å². The van der Waals surface area contributed by atoms with E-state index in [0.29, 0.717) is 35.4 Å². The number of pyridine rings is 1. The van der Waals surface area contributed by atoms with Gasteiger partial charge >= 0.3 is 0 Å². The van der Waals surface area contributed by atoms with Crippen LogP contribution in [0.25, 0.3) is 21.7 Å². The summed E-state index contributed by atoms with van der Waals surface area (Å²) in [5.74, 6) is -0.0159. The summed E-state index contributed by atoms with van der Waals surface area (Å²) in [6.07, 6.45) is 5.88. The summed E-state index contributed by atoms with van der Waals surface area (Å²) in [7, 11) is 0. The highest BCUT2D eigenvalue weighted by molar-refractivity contribution is 5.99. The van der Waals surface area contributed by atoms with Crippen LogP contribution in [0.2, 0.25) is 0 Å². The quantitative estimate of drug-likeness (QED) is 0.499. The number of phenolic OH excluding ortho intramolecular Hbond substituents is 1. The van der Waals surface area contributed by atoms with Crippen molar-refractivity contribution >= 4 is 39.0 Å². The molecule has 0 unspecified atom stereocenters. The predicted molar refractivity (Wildman–Crippen MR) is 119 cm³/mol. The number of hydrogen-bond acceptors (Lipinski definition) is 6. The van der Waals surface area contributed by atoms with Gasteiger partial charge in [-0.3, -0.25) is 19.1 Å². The van der Waals surface area contributed by atoms with Gasteiger partial charge in [0, 0.05) is 30.7 Å². The molecule has 154 valence electrons. The Morgan fingerprint density at radius 3 is 2.77 bits per heavy atom. The largest absolute Gasteiger partial charge is 0.508 e. The number of nitrogens with zero attached hydrogens (tertiary/aromatic N) is 4. The molecule has 0 spiro atoms. The molecule has 0 aliphatic carbocycles. The lowest BCUT2D eigenvalue weighted by molar-refractivity contribution is -0.131. The Hall–Kier alpha value is -4.20. The molecular formula is C23H19N5O3. The Labute approximate surface area is 177 Å². The van der Waals surface area contributed by atoms with E-state index in [-0.39, 0.29) is 23.3 Å². The van der Waals surface area contributed by atoms with Gasteiger partial charge in [0.15, 0.2) is 0 Å². The number of aromatic hydroxyl groups is 1. The van der Waals surface area contributed by atoms with Crippen molar-refractivity contribution in [3.63, 3.8) is 0 Å².